The molecule has 0 spiro atoms. The molecule has 1 atom stereocenters. The summed E-state index contributed by atoms with van der Waals surface area (Å²) >= 11 is 5.40. The van der Waals surface area contributed by atoms with Crippen molar-refractivity contribution < 1.29 is 18.0 Å². The lowest BCUT2D eigenvalue weighted by Crippen LogP contribution is -2.44. The van der Waals surface area contributed by atoms with Gasteiger partial charge >= 0.3 is 6.18 Å². The molecule has 0 aromatic heterocycles. The Balaban J connectivity index is 2.19. The van der Waals surface area contributed by atoms with Crippen LogP contribution < -0.4 is 0 Å². The van der Waals surface area contributed by atoms with Crippen molar-refractivity contribution in [1.29, 1.82) is 0 Å². The predicted octanol–water partition coefficient (Wildman–Crippen LogP) is 4.47. The van der Waals surface area contributed by atoms with Gasteiger partial charge in [-0.25, -0.2) is 0 Å². The van der Waals surface area contributed by atoms with E-state index in [0.29, 0.717) is 23.0 Å². The first kappa shape index (κ1) is 16.1. The number of rotatable bonds is 1. The zero-order valence-corrected chi connectivity index (χ0v) is 14.1. The van der Waals surface area contributed by atoms with E-state index < -0.39 is 12.1 Å². The molecule has 7 heteroatoms. The molecule has 1 amide bonds. The molecule has 1 aromatic rings. The van der Waals surface area contributed by atoms with Gasteiger partial charge in [-0.15, -0.1) is 0 Å². The van der Waals surface area contributed by atoms with Crippen molar-refractivity contribution in [2.24, 2.45) is 5.92 Å². The molecule has 0 saturated carbocycles. The maximum absolute atomic E-state index is 12.8. The van der Waals surface area contributed by atoms with E-state index in [1.54, 1.807) is 12.1 Å². The lowest BCUT2D eigenvalue weighted by Gasteiger charge is -2.34. The van der Waals surface area contributed by atoms with Crippen LogP contribution in [0.2, 0.25) is 0 Å². The Morgan fingerprint density at radius 1 is 1.40 bits per heavy atom. The van der Waals surface area contributed by atoms with Gasteiger partial charge < -0.3 is 4.90 Å². The van der Waals surface area contributed by atoms with Crippen molar-refractivity contribution in [2.45, 2.75) is 19.0 Å². The Morgan fingerprint density at radius 3 is 2.75 bits per heavy atom. The highest BCUT2D eigenvalue weighted by molar-refractivity contribution is 14.1. The molecule has 0 aliphatic carbocycles. The molecular weight excluding hydrogens is 450 g/mol. The first-order valence-electron chi connectivity index (χ1n) is 6.10. The number of carbonyl (C=O) groups is 1. The van der Waals surface area contributed by atoms with Crippen molar-refractivity contribution in [3.8, 4) is 0 Å². The van der Waals surface area contributed by atoms with Crippen LogP contribution in [-0.4, -0.2) is 30.1 Å². The van der Waals surface area contributed by atoms with Crippen LogP contribution in [-0.2, 0) is 0 Å². The van der Waals surface area contributed by atoms with Crippen LogP contribution in [0.25, 0.3) is 0 Å². The van der Waals surface area contributed by atoms with Crippen LogP contribution in [0, 0.1) is 9.49 Å². The largest absolute Gasteiger partial charge is 0.393 e. The zero-order chi connectivity index (χ0) is 14.9. The predicted molar refractivity (Wildman–Crippen MR) is 81.5 cm³/mol. The van der Waals surface area contributed by atoms with Gasteiger partial charge in [0.1, 0.15) is 0 Å². The highest BCUT2D eigenvalue weighted by Gasteiger charge is 2.42. The fourth-order valence-electron chi connectivity index (χ4n) is 2.27. The molecular formula is C13H12BrF3INO. The molecule has 1 aliphatic rings. The van der Waals surface area contributed by atoms with Gasteiger partial charge in [0.25, 0.3) is 5.91 Å². The number of benzene rings is 1. The summed E-state index contributed by atoms with van der Waals surface area (Å²) in [5, 5.41) is 0. The summed E-state index contributed by atoms with van der Waals surface area (Å²) in [6.45, 7) is 0.129. The van der Waals surface area contributed by atoms with E-state index in [2.05, 4.69) is 38.5 Å². The molecule has 20 heavy (non-hydrogen) atoms. The fourth-order valence-corrected chi connectivity index (χ4v) is 3.20. The number of hydrogen-bond donors (Lipinski definition) is 0. The van der Waals surface area contributed by atoms with Gasteiger partial charge in [0, 0.05) is 21.1 Å². The van der Waals surface area contributed by atoms with E-state index in [1.807, 2.05) is 6.07 Å². The zero-order valence-electron chi connectivity index (χ0n) is 10.4. The summed E-state index contributed by atoms with van der Waals surface area (Å²) in [5.74, 6) is -1.76. The highest BCUT2D eigenvalue weighted by Crippen LogP contribution is 2.34. The van der Waals surface area contributed by atoms with E-state index in [0.717, 1.165) is 3.57 Å². The molecule has 0 bridgehead atoms. The molecule has 1 aliphatic heterocycles. The maximum Gasteiger partial charge on any atom is 0.393 e. The third-order valence-corrected chi connectivity index (χ3v) is 5.85. The maximum atomic E-state index is 12.8. The normalized spacial score (nSPS) is 20.1. The van der Waals surface area contributed by atoms with Crippen LogP contribution in [0.4, 0.5) is 13.2 Å². The van der Waals surface area contributed by atoms with Gasteiger partial charge in [0.2, 0.25) is 0 Å². The van der Waals surface area contributed by atoms with Crippen LogP contribution in [0.15, 0.2) is 22.7 Å². The molecule has 0 N–H and O–H groups in total. The summed E-state index contributed by atoms with van der Waals surface area (Å²) in [7, 11) is 0. The molecule has 1 aromatic carbocycles. The number of carbonyl (C=O) groups excluding carboxylic acids is 1. The molecule has 1 fully saturated rings. The minimum Gasteiger partial charge on any atom is -0.338 e. The van der Waals surface area contributed by atoms with Crippen molar-refractivity contribution in [3.05, 3.63) is 31.8 Å². The average molecular weight is 462 g/mol. The SMILES string of the molecule is O=C(c1cccc(I)c1Br)N1CCCC(C(F)(F)F)C1. The third-order valence-electron chi connectivity index (χ3n) is 3.35. The van der Waals surface area contributed by atoms with Crippen molar-refractivity contribution >= 4 is 44.4 Å². The second kappa shape index (κ2) is 6.21. The lowest BCUT2D eigenvalue weighted by atomic mass is 9.97. The summed E-state index contributed by atoms with van der Waals surface area (Å²) in [6.07, 6.45) is -3.75. The van der Waals surface area contributed by atoms with Crippen LogP contribution in [0.3, 0.4) is 0 Å². The Hall–Kier alpha value is -0.310. The van der Waals surface area contributed by atoms with Crippen molar-refractivity contribution in [3.63, 3.8) is 0 Å². The molecule has 1 heterocycles. The smallest absolute Gasteiger partial charge is 0.338 e. The Morgan fingerprint density at radius 2 is 2.10 bits per heavy atom. The molecule has 0 radical (unpaired) electrons. The van der Waals surface area contributed by atoms with E-state index in [4.69, 9.17) is 0 Å². The Labute approximate surface area is 137 Å². The summed E-state index contributed by atoms with van der Waals surface area (Å²) < 4.78 is 39.8. The van der Waals surface area contributed by atoms with Gasteiger partial charge in [0.15, 0.2) is 0 Å². The number of likely N-dealkylation sites (tertiary alicyclic amines) is 1. The van der Waals surface area contributed by atoms with Gasteiger partial charge in [0.05, 0.1) is 11.5 Å². The first-order valence-corrected chi connectivity index (χ1v) is 7.98. The Kier molecular flexibility index (Phi) is 4.99. The highest BCUT2D eigenvalue weighted by atomic mass is 127. The number of alkyl halides is 3. The summed E-state index contributed by atoms with van der Waals surface area (Å²) in [5.41, 5.74) is 0.416. The van der Waals surface area contributed by atoms with Crippen LogP contribution in [0.5, 0.6) is 0 Å². The van der Waals surface area contributed by atoms with E-state index >= 15 is 0 Å². The first-order chi connectivity index (χ1) is 9.30. The molecule has 2 rings (SSSR count). The standard InChI is InChI=1S/C13H12BrF3INO/c14-11-9(4-1-5-10(11)18)12(20)19-6-2-3-8(7-19)13(15,16)17/h1,4-5,8H,2-3,6-7H2. The minimum absolute atomic E-state index is 0.0980. The van der Waals surface area contributed by atoms with Gasteiger partial charge in [-0.3, -0.25) is 4.79 Å². The van der Waals surface area contributed by atoms with Crippen molar-refractivity contribution in [2.75, 3.05) is 13.1 Å². The second-order valence-corrected chi connectivity index (χ2v) is 6.69. The van der Waals surface area contributed by atoms with Gasteiger partial charge in [-0.05, 0) is 63.5 Å². The monoisotopic (exact) mass is 461 g/mol. The summed E-state index contributed by atoms with van der Waals surface area (Å²) in [4.78, 5) is 13.7. The van der Waals surface area contributed by atoms with E-state index in [9.17, 15) is 18.0 Å². The Bertz CT molecular complexity index is 521. The summed E-state index contributed by atoms with van der Waals surface area (Å²) in [6, 6.07) is 5.19. The lowest BCUT2D eigenvalue weighted by molar-refractivity contribution is -0.184. The van der Waals surface area contributed by atoms with Gasteiger partial charge in [-0.2, -0.15) is 13.2 Å². The average Bonchev–Trinajstić information content (AvgIpc) is 2.40. The number of hydrogen-bond acceptors (Lipinski definition) is 1. The molecule has 2 nitrogen and oxygen atoms in total. The topological polar surface area (TPSA) is 20.3 Å². The fraction of sp³-hybridized carbons (Fsp3) is 0.462. The molecule has 110 valence electrons. The second-order valence-electron chi connectivity index (χ2n) is 4.73. The number of halogens is 5. The van der Waals surface area contributed by atoms with Crippen molar-refractivity contribution in [1.82, 2.24) is 4.90 Å². The number of piperidine rings is 1. The van der Waals surface area contributed by atoms with E-state index in [-0.39, 0.29) is 18.9 Å². The number of amides is 1. The third kappa shape index (κ3) is 3.47. The van der Waals surface area contributed by atoms with Gasteiger partial charge in [-0.1, -0.05) is 6.07 Å². The minimum atomic E-state index is -4.23. The van der Waals surface area contributed by atoms with E-state index in [1.165, 1.54) is 4.90 Å². The van der Waals surface area contributed by atoms with Crippen LogP contribution in [0.1, 0.15) is 23.2 Å². The number of nitrogens with zero attached hydrogens (tertiary/aromatic N) is 1. The molecule has 1 unspecified atom stereocenters. The van der Waals surface area contributed by atoms with Crippen LogP contribution >= 0.6 is 38.5 Å². The quantitative estimate of drug-likeness (QED) is 0.565. The molecule has 1 saturated heterocycles.